The zero-order valence-corrected chi connectivity index (χ0v) is 19.0. The summed E-state index contributed by atoms with van der Waals surface area (Å²) in [5, 5.41) is 3.95. The van der Waals surface area contributed by atoms with Crippen molar-refractivity contribution in [3.05, 3.63) is 50.8 Å². The summed E-state index contributed by atoms with van der Waals surface area (Å²) < 4.78 is 5.91. The highest BCUT2D eigenvalue weighted by Gasteiger charge is 2.43. The summed E-state index contributed by atoms with van der Waals surface area (Å²) in [6, 6.07) is 3.73. The molecule has 4 rings (SSSR count). The summed E-state index contributed by atoms with van der Waals surface area (Å²) in [5.74, 6) is 2.92. The average molecular weight is 428 g/mol. The Bertz CT molecular complexity index is 1080. The fourth-order valence-electron chi connectivity index (χ4n) is 4.25. The minimum atomic E-state index is -0.528. The Morgan fingerprint density at radius 2 is 2.03 bits per heavy atom. The van der Waals surface area contributed by atoms with Crippen molar-refractivity contribution in [2.24, 2.45) is 11.3 Å². The Labute approximate surface area is 180 Å². The van der Waals surface area contributed by atoms with Crippen LogP contribution in [0.2, 0.25) is 0 Å². The van der Waals surface area contributed by atoms with Gasteiger partial charge < -0.3 is 14.7 Å². The second-order valence-corrected chi connectivity index (χ2v) is 10.6. The number of rotatable bonds is 5. The van der Waals surface area contributed by atoms with Crippen LogP contribution >= 0.6 is 11.8 Å². The average Bonchev–Trinajstić information content (AvgIpc) is 3.04. The van der Waals surface area contributed by atoms with E-state index in [-0.39, 0.29) is 16.8 Å². The van der Waals surface area contributed by atoms with Crippen LogP contribution in [0.1, 0.15) is 70.0 Å². The molecule has 0 fully saturated rings. The lowest BCUT2D eigenvalue weighted by atomic mass is 9.70. The van der Waals surface area contributed by atoms with Crippen LogP contribution in [0.15, 0.2) is 37.8 Å². The van der Waals surface area contributed by atoms with E-state index in [0.29, 0.717) is 40.2 Å². The maximum atomic E-state index is 13.2. The number of furan rings is 1. The van der Waals surface area contributed by atoms with Gasteiger partial charge in [0, 0.05) is 23.4 Å². The first-order valence-corrected chi connectivity index (χ1v) is 11.5. The largest absolute Gasteiger partial charge is 0.465 e. The molecule has 7 heteroatoms. The number of anilines is 1. The van der Waals surface area contributed by atoms with E-state index in [4.69, 9.17) is 9.40 Å². The smallest absolute Gasteiger partial charge is 0.257 e. The number of H-pyrrole nitrogens is 1. The third-order valence-corrected chi connectivity index (χ3v) is 6.59. The quantitative estimate of drug-likeness (QED) is 0.515. The van der Waals surface area contributed by atoms with E-state index in [1.807, 2.05) is 19.1 Å². The van der Waals surface area contributed by atoms with Gasteiger partial charge in [-0.3, -0.25) is 9.59 Å². The topological polar surface area (TPSA) is 88.0 Å². The number of fused-ring (bicyclic) bond motifs is 1. The lowest BCUT2D eigenvalue weighted by Gasteiger charge is -2.37. The summed E-state index contributed by atoms with van der Waals surface area (Å²) in [6.45, 7) is 10.4. The predicted octanol–water partition coefficient (Wildman–Crippen LogP) is 5.01. The van der Waals surface area contributed by atoms with Crippen LogP contribution in [0.25, 0.3) is 0 Å². The molecule has 0 amide bonds. The highest BCUT2D eigenvalue weighted by Crippen LogP contribution is 2.47. The van der Waals surface area contributed by atoms with Crippen LogP contribution in [0, 0.1) is 18.3 Å². The number of nitrogens with one attached hydrogen (secondary N) is 2. The molecule has 0 spiro atoms. The molecule has 1 aliphatic heterocycles. The van der Waals surface area contributed by atoms with Crippen LogP contribution in [-0.2, 0) is 4.79 Å². The molecular formula is C23H29N3O3S. The SMILES string of the molecule is Cc1ccc(C2C3=C(CC(C)(C)CC3=O)Nc3nc(SCCC(C)C)[nH]c(=O)c32)o1. The predicted molar refractivity (Wildman–Crippen MR) is 119 cm³/mol. The zero-order valence-electron chi connectivity index (χ0n) is 18.2. The maximum absolute atomic E-state index is 13.2. The fourth-order valence-corrected chi connectivity index (χ4v) is 5.35. The molecule has 30 heavy (non-hydrogen) atoms. The highest BCUT2D eigenvalue weighted by molar-refractivity contribution is 7.99. The van der Waals surface area contributed by atoms with Crippen molar-refractivity contribution in [3.63, 3.8) is 0 Å². The van der Waals surface area contributed by atoms with Gasteiger partial charge in [-0.25, -0.2) is 4.98 Å². The number of hydrogen-bond donors (Lipinski definition) is 2. The molecule has 3 heterocycles. The van der Waals surface area contributed by atoms with Gasteiger partial charge in [-0.15, -0.1) is 0 Å². The number of nitrogens with zero attached hydrogens (tertiary/aromatic N) is 1. The van der Waals surface area contributed by atoms with Gasteiger partial charge in [-0.2, -0.15) is 0 Å². The Hall–Kier alpha value is -2.28. The van der Waals surface area contributed by atoms with Crippen molar-refractivity contribution < 1.29 is 9.21 Å². The first-order chi connectivity index (χ1) is 14.1. The Kier molecular flexibility index (Phi) is 5.43. The summed E-state index contributed by atoms with van der Waals surface area (Å²) in [5.41, 5.74) is 1.61. The molecule has 1 atom stereocenters. The molecule has 160 valence electrons. The van der Waals surface area contributed by atoms with Gasteiger partial charge in [0.25, 0.3) is 5.56 Å². The van der Waals surface area contributed by atoms with Crippen LogP contribution in [0.5, 0.6) is 0 Å². The summed E-state index contributed by atoms with van der Waals surface area (Å²) in [4.78, 5) is 34.0. The number of Topliss-reactive ketones (excluding diaryl/α,β-unsaturated/α-hetero) is 1. The second kappa shape index (κ2) is 7.76. The number of carbonyl (C=O) groups excluding carboxylic acids is 1. The molecule has 2 aromatic rings. The molecule has 0 radical (unpaired) electrons. The molecule has 0 aromatic carbocycles. The maximum Gasteiger partial charge on any atom is 0.257 e. The van der Waals surface area contributed by atoms with E-state index in [0.717, 1.165) is 30.1 Å². The number of carbonyl (C=O) groups is 1. The van der Waals surface area contributed by atoms with E-state index >= 15 is 0 Å². The first kappa shape index (κ1) is 21.0. The number of hydrogen-bond acceptors (Lipinski definition) is 6. The van der Waals surface area contributed by atoms with E-state index in [2.05, 4.69) is 38.0 Å². The van der Waals surface area contributed by atoms with Gasteiger partial charge in [0.15, 0.2) is 10.9 Å². The minimum Gasteiger partial charge on any atom is -0.465 e. The van der Waals surface area contributed by atoms with Gasteiger partial charge in [-0.05, 0) is 43.2 Å². The van der Waals surface area contributed by atoms with Gasteiger partial charge >= 0.3 is 0 Å². The number of aromatic nitrogens is 2. The van der Waals surface area contributed by atoms with Crippen LogP contribution < -0.4 is 10.9 Å². The lowest BCUT2D eigenvalue weighted by Crippen LogP contribution is -2.36. The number of thioether (sulfide) groups is 1. The third-order valence-electron chi connectivity index (χ3n) is 5.68. The molecule has 1 unspecified atom stereocenters. The zero-order chi connectivity index (χ0) is 21.6. The number of allylic oxidation sites excluding steroid dienone is 2. The summed E-state index contributed by atoms with van der Waals surface area (Å²) >= 11 is 1.55. The Balaban J connectivity index is 1.81. The van der Waals surface area contributed by atoms with Crippen LogP contribution in [0.4, 0.5) is 5.82 Å². The van der Waals surface area contributed by atoms with E-state index in [1.165, 1.54) is 0 Å². The van der Waals surface area contributed by atoms with Gasteiger partial charge in [0.2, 0.25) is 0 Å². The lowest BCUT2D eigenvalue weighted by molar-refractivity contribution is -0.118. The minimum absolute atomic E-state index is 0.0632. The number of ketones is 1. The Morgan fingerprint density at radius 3 is 2.70 bits per heavy atom. The third kappa shape index (κ3) is 4.00. The van der Waals surface area contributed by atoms with Crippen LogP contribution in [0.3, 0.4) is 0 Å². The van der Waals surface area contributed by atoms with E-state index < -0.39 is 5.92 Å². The standard InChI is InChI=1S/C23H29N3O3S/c1-12(2)8-9-30-22-25-20-19(21(28)26-22)18(16-7-6-13(3)29-16)17-14(24-20)10-23(4,5)11-15(17)27/h6-7,12,18H,8-11H2,1-5H3,(H2,24,25,26,28). The number of aryl methyl sites for hydroxylation is 1. The molecule has 6 nitrogen and oxygen atoms in total. The monoisotopic (exact) mass is 427 g/mol. The number of aromatic amines is 1. The summed E-state index contributed by atoms with van der Waals surface area (Å²) in [7, 11) is 0. The molecule has 0 bridgehead atoms. The van der Waals surface area contributed by atoms with Gasteiger partial charge in [0.05, 0.1) is 11.5 Å². The molecular weight excluding hydrogens is 398 g/mol. The Morgan fingerprint density at radius 1 is 1.27 bits per heavy atom. The first-order valence-electron chi connectivity index (χ1n) is 10.5. The molecule has 1 aliphatic carbocycles. The van der Waals surface area contributed by atoms with Crippen molar-refractivity contribution in [3.8, 4) is 0 Å². The normalized spacial score (nSPS) is 20.2. The van der Waals surface area contributed by atoms with Crippen molar-refractivity contribution in [2.45, 2.75) is 65.0 Å². The second-order valence-electron chi connectivity index (χ2n) is 9.50. The molecule has 2 aromatic heterocycles. The molecule has 0 saturated carbocycles. The van der Waals surface area contributed by atoms with Crippen molar-refractivity contribution in [1.82, 2.24) is 9.97 Å². The fraction of sp³-hybridized carbons (Fsp3) is 0.522. The van der Waals surface area contributed by atoms with Crippen LogP contribution in [-0.4, -0.2) is 21.5 Å². The van der Waals surface area contributed by atoms with Crippen molar-refractivity contribution in [1.29, 1.82) is 0 Å². The summed E-state index contributed by atoms with van der Waals surface area (Å²) in [6.07, 6.45) is 2.23. The van der Waals surface area contributed by atoms with Gasteiger partial charge in [0.1, 0.15) is 17.3 Å². The molecule has 2 aliphatic rings. The van der Waals surface area contributed by atoms with E-state index in [1.54, 1.807) is 11.8 Å². The van der Waals surface area contributed by atoms with Gasteiger partial charge in [-0.1, -0.05) is 39.5 Å². The van der Waals surface area contributed by atoms with Crippen molar-refractivity contribution >= 4 is 23.4 Å². The van der Waals surface area contributed by atoms with Crippen molar-refractivity contribution in [2.75, 3.05) is 11.1 Å². The van der Waals surface area contributed by atoms with E-state index in [9.17, 15) is 9.59 Å². The molecule has 0 saturated heterocycles. The molecule has 2 N–H and O–H groups in total. The highest BCUT2D eigenvalue weighted by atomic mass is 32.2.